The van der Waals surface area contributed by atoms with Gasteiger partial charge in [-0.1, -0.05) is 30.2 Å². The van der Waals surface area contributed by atoms with Crippen LogP contribution >= 0.6 is 11.6 Å². The highest BCUT2D eigenvalue weighted by atomic mass is 35.5. The number of H-pyrrole nitrogens is 1. The highest BCUT2D eigenvalue weighted by molar-refractivity contribution is 6.30. The Bertz CT molecular complexity index is 1030. The Morgan fingerprint density at radius 1 is 1.14 bits per heavy atom. The van der Waals surface area contributed by atoms with Crippen LogP contribution in [0.2, 0.25) is 5.02 Å². The minimum atomic E-state index is -0.608. The first-order valence-electron chi connectivity index (χ1n) is 10.3. The van der Waals surface area contributed by atoms with Crippen LogP contribution in [-0.4, -0.2) is 29.1 Å². The Morgan fingerprint density at radius 3 is 2.59 bits per heavy atom. The molecule has 2 fully saturated rings. The average molecular weight is 410 g/mol. The summed E-state index contributed by atoms with van der Waals surface area (Å²) in [5.74, 6) is 1.62. The monoisotopic (exact) mass is 409 g/mol. The van der Waals surface area contributed by atoms with Gasteiger partial charge in [-0.25, -0.2) is 4.98 Å². The van der Waals surface area contributed by atoms with Crippen molar-refractivity contribution in [1.29, 1.82) is 0 Å². The number of imidazole rings is 1. The summed E-state index contributed by atoms with van der Waals surface area (Å²) >= 11 is 6.06. The molecule has 0 bridgehead atoms. The number of ether oxygens (including phenoxy) is 1. The quantitative estimate of drug-likeness (QED) is 0.624. The third-order valence-electron chi connectivity index (χ3n) is 6.43. The molecule has 2 aromatic carbocycles. The molecule has 1 saturated heterocycles. The maximum Gasteiger partial charge on any atom is 0.235 e. The molecule has 29 heavy (non-hydrogen) atoms. The molecule has 1 saturated carbocycles. The molecule has 0 radical (unpaired) electrons. The van der Waals surface area contributed by atoms with Crippen molar-refractivity contribution in [2.45, 2.75) is 43.4 Å². The van der Waals surface area contributed by atoms with Crippen LogP contribution in [0.25, 0.3) is 11.0 Å². The van der Waals surface area contributed by atoms with E-state index in [1.807, 2.05) is 42.5 Å². The van der Waals surface area contributed by atoms with Gasteiger partial charge in [-0.05, 0) is 61.6 Å². The largest absolute Gasteiger partial charge is 0.381 e. The Hall–Kier alpha value is -2.37. The van der Waals surface area contributed by atoms with Crippen LogP contribution in [0.1, 0.15) is 49.4 Å². The number of carbonyl (C=O) groups is 1. The number of hydrogen-bond donors (Lipinski definition) is 2. The molecule has 2 heterocycles. The number of hydrogen-bond acceptors (Lipinski definition) is 3. The molecule has 3 aromatic rings. The lowest BCUT2D eigenvalue weighted by Gasteiger charge is -2.36. The number of benzene rings is 2. The van der Waals surface area contributed by atoms with Crippen LogP contribution in [0.15, 0.2) is 42.5 Å². The van der Waals surface area contributed by atoms with Gasteiger partial charge in [0.05, 0.1) is 16.4 Å². The van der Waals surface area contributed by atoms with Gasteiger partial charge in [-0.3, -0.25) is 4.79 Å². The Balaban J connectivity index is 1.42. The number of carbonyl (C=O) groups excluding carboxylic acids is 1. The first-order valence-corrected chi connectivity index (χ1v) is 10.7. The van der Waals surface area contributed by atoms with Crippen molar-refractivity contribution in [3.63, 3.8) is 0 Å². The Labute approximate surface area is 174 Å². The van der Waals surface area contributed by atoms with E-state index in [4.69, 9.17) is 21.3 Å². The van der Waals surface area contributed by atoms with Crippen molar-refractivity contribution in [3.8, 4) is 0 Å². The Kier molecular flexibility index (Phi) is 4.80. The van der Waals surface area contributed by atoms with Gasteiger partial charge in [-0.2, -0.15) is 0 Å². The third-order valence-corrected chi connectivity index (χ3v) is 6.68. The SMILES string of the molecule is O=C(Nc1ccc2nc(C3CCC3)[nH]c2c1)C1(c2ccc(Cl)cc2)CCOCC1. The molecule has 0 atom stereocenters. The predicted octanol–water partition coefficient (Wildman–Crippen LogP) is 5.17. The van der Waals surface area contributed by atoms with Crippen molar-refractivity contribution in [3.05, 3.63) is 58.9 Å². The zero-order valence-electron chi connectivity index (χ0n) is 16.2. The van der Waals surface area contributed by atoms with Crippen molar-refractivity contribution >= 4 is 34.2 Å². The first kappa shape index (κ1) is 18.6. The smallest absolute Gasteiger partial charge is 0.235 e. The minimum Gasteiger partial charge on any atom is -0.381 e. The molecular weight excluding hydrogens is 386 g/mol. The second kappa shape index (κ2) is 7.47. The van der Waals surface area contributed by atoms with Gasteiger partial charge in [0.2, 0.25) is 5.91 Å². The molecule has 5 nitrogen and oxygen atoms in total. The van der Waals surface area contributed by atoms with Crippen LogP contribution in [-0.2, 0) is 14.9 Å². The van der Waals surface area contributed by atoms with Crippen molar-refractivity contribution < 1.29 is 9.53 Å². The van der Waals surface area contributed by atoms with E-state index in [1.54, 1.807) is 0 Å². The summed E-state index contributed by atoms with van der Waals surface area (Å²) in [5.41, 5.74) is 3.08. The maximum absolute atomic E-state index is 13.5. The fourth-order valence-corrected chi connectivity index (χ4v) is 4.49. The van der Waals surface area contributed by atoms with E-state index in [1.165, 1.54) is 19.3 Å². The number of halogens is 1. The second-order valence-electron chi connectivity index (χ2n) is 8.14. The number of amides is 1. The number of anilines is 1. The third kappa shape index (κ3) is 3.43. The zero-order valence-corrected chi connectivity index (χ0v) is 17.0. The lowest BCUT2D eigenvalue weighted by atomic mass is 9.73. The van der Waals surface area contributed by atoms with E-state index in [9.17, 15) is 4.79 Å². The first-order chi connectivity index (χ1) is 14.1. The molecule has 2 aliphatic rings. The van der Waals surface area contributed by atoms with Crippen molar-refractivity contribution in [1.82, 2.24) is 9.97 Å². The molecule has 2 N–H and O–H groups in total. The number of fused-ring (bicyclic) bond motifs is 1. The second-order valence-corrected chi connectivity index (χ2v) is 8.57. The van der Waals surface area contributed by atoms with Crippen LogP contribution in [0.3, 0.4) is 0 Å². The summed E-state index contributed by atoms with van der Waals surface area (Å²) < 4.78 is 5.55. The Morgan fingerprint density at radius 2 is 1.90 bits per heavy atom. The van der Waals surface area contributed by atoms with Gasteiger partial charge < -0.3 is 15.0 Å². The molecule has 1 aliphatic heterocycles. The van der Waals surface area contributed by atoms with Crippen molar-refractivity contribution in [2.24, 2.45) is 0 Å². The number of nitrogens with zero attached hydrogens (tertiary/aromatic N) is 1. The average Bonchev–Trinajstić information content (AvgIpc) is 3.10. The topological polar surface area (TPSA) is 67.0 Å². The fourth-order valence-electron chi connectivity index (χ4n) is 4.37. The maximum atomic E-state index is 13.5. The molecule has 6 heteroatoms. The van der Waals surface area contributed by atoms with Gasteiger partial charge >= 0.3 is 0 Å². The van der Waals surface area contributed by atoms with E-state index in [0.29, 0.717) is 37.0 Å². The number of rotatable bonds is 4. The van der Waals surface area contributed by atoms with E-state index >= 15 is 0 Å². The summed E-state index contributed by atoms with van der Waals surface area (Å²) in [6.07, 6.45) is 4.99. The fraction of sp³-hybridized carbons (Fsp3) is 0.391. The standard InChI is InChI=1S/C23H24ClN3O2/c24-17-6-4-16(5-7-17)23(10-12-29-13-11-23)22(28)25-18-8-9-19-20(14-18)27-21(26-19)15-2-1-3-15/h4-9,14-15H,1-3,10-13H2,(H,25,28)(H,26,27). The van der Waals surface area contributed by atoms with Gasteiger partial charge in [0.25, 0.3) is 0 Å². The highest BCUT2D eigenvalue weighted by Gasteiger charge is 2.41. The predicted molar refractivity (Wildman–Crippen MR) is 114 cm³/mol. The molecule has 1 aromatic heterocycles. The molecule has 1 amide bonds. The van der Waals surface area contributed by atoms with Crippen LogP contribution in [0.5, 0.6) is 0 Å². The van der Waals surface area contributed by atoms with Gasteiger partial charge in [-0.15, -0.1) is 0 Å². The van der Waals surface area contributed by atoms with Crippen LogP contribution < -0.4 is 5.32 Å². The van der Waals surface area contributed by atoms with Crippen LogP contribution in [0, 0.1) is 0 Å². The minimum absolute atomic E-state index is 0.00111. The highest BCUT2D eigenvalue weighted by Crippen LogP contribution is 2.38. The van der Waals surface area contributed by atoms with E-state index in [0.717, 1.165) is 28.1 Å². The van der Waals surface area contributed by atoms with E-state index in [-0.39, 0.29) is 5.91 Å². The number of nitrogens with one attached hydrogen (secondary N) is 2. The normalized spacial score (nSPS) is 19.1. The van der Waals surface area contributed by atoms with E-state index in [2.05, 4.69) is 10.3 Å². The lowest BCUT2D eigenvalue weighted by Crippen LogP contribution is -2.44. The molecule has 0 spiro atoms. The van der Waals surface area contributed by atoms with Gasteiger partial charge in [0.1, 0.15) is 5.82 Å². The summed E-state index contributed by atoms with van der Waals surface area (Å²) in [4.78, 5) is 21.6. The molecule has 1 aliphatic carbocycles. The number of aromatic amines is 1. The lowest BCUT2D eigenvalue weighted by molar-refractivity contribution is -0.125. The van der Waals surface area contributed by atoms with Gasteiger partial charge in [0.15, 0.2) is 0 Å². The zero-order chi connectivity index (χ0) is 19.8. The molecule has 150 valence electrons. The molecular formula is C23H24ClN3O2. The van der Waals surface area contributed by atoms with Crippen LogP contribution in [0.4, 0.5) is 5.69 Å². The molecule has 0 unspecified atom stereocenters. The summed E-state index contributed by atoms with van der Waals surface area (Å²) in [5, 5.41) is 3.82. The number of aromatic nitrogens is 2. The van der Waals surface area contributed by atoms with E-state index < -0.39 is 5.41 Å². The molecule has 5 rings (SSSR count). The summed E-state index contributed by atoms with van der Waals surface area (Å²) in [6, 6.07) is 13.5. The summed E-state index contributed by atoms with van der Waals surface area (Å²) in [7, 11) is 0. The van der Waals surface area contributed by atoms with Gasteiger partial charge in [0, 0.05) is 29.8 Å². The summed E-state index contributed by atoms with van der Waals surface area (Å²) in [6.45, 7) is 1.14. The van der Waals surface area contributed by atoms with Crippen molar-refractivity contribution in [2.75, 3.05) is 18.5 Å².